The number of carbonyl (C=O) groups excluding carboxylic acids is 1. The van der Waals surface area contributed by atoms with Gasteiger partial charge in [0, 0.05) is 12.5 Å². The normalized spacial score (nSPS) is 9.69. The first-order valence-corrected chi connectivity index (χ1v) is 4.84. The fourth-order valence-electron chi connectivity index (χ4n) is 1.05. The molecule has 0 aliphatic rings. The van der Waals surface area contributed by atoms with E-state index < -0.39 is 0 Å². The third kappa shape index (κ3) is 3.35. The van der Waals surface area contributed by atoms with Crippen molar-refractivity contribution in [1.82, 2.24) is 9.97 Å². The van der Waals surface area contributed by atoms with Crippen molar-refractivity contribution in [2.24, 2.45) is 5.84 Å². The smallest absolute Gasteiger partial charge is 0.325 e. The Bertz CT molecular complexity index is 347. The number of ether oxygens (including phenoxy) is 1. The van der Waals surface area contributed by atoms with Gasteiger partial charge in [0.1, 0.15) is 24.0 Å². The number of rotatable bonds is 5. The fraction of sp³-hybridized carbons (Fsp3) is 0.444. The minimum absolute atomic E-state index is 0.0562. The molecule has 0 atom stereocenters. The van der Waals surface area contributed by atoms with Crippen LogP contribution in [0.3, 0.4) is 0 Å². The molecule has 0 spiro atoms. The molecule has 1 rings (SSSR count). The highest BCUT2D eigenvalue weighted by Crippen LogP contribution is 2.10. The quantitative estimate of drug-likeness (QED) is 0.365. The summed E-state index contributed by atoms with van der Waals surface area (Å²) in [6.45, 7) is 1.99. The third-order valence-corrected chi connectivity index (χ3v) is 1.88. The first kappa shape index (κ1) is 12.2. The summed E-state index contributed by atoms with van der Waals surface area (Å²) in [6, 6.07) is 1.61. The monoisotopic (exact) mass is 225 g/mol. The molecule has 1 heterocycles. The van der Waals surface area contributed by atoms with Crippen molar-refractivity contribution in [1.29, 1.82) is 0 Å². The molecular formula is C9H15N5O2. The van der Waals surface area contributed by atoms with Crippen LogP contribution in [0.25, 0.3) is 0 Å². The minimum Gasteiger partial charge on any atom is -0.468 e. The average molecular weight is 225 g/mol. The Hall–Kier alpha value is -1.89. The molecular weight excluding hydrogens is 210 g/mol. The lowest BCUT2D eigenvalue weighted by Gasteiger charge is -2.07. The molecule has 0 aliphatic carbocycles. The SMILES string of the molecule is CCc1nc(NN)cc(NCC(=O)OC)n1. The Balaban J connectivity index is 2.74. The zero-order valence-corrected chi connectivity index (χ0v) is 9.28. The van der Waals surface area contributed by atoms with Crippen molar-refractivity contribution in [2.45, 2.75) is 13.3 Å². The van der Waals surface area contributed by atoms with E-state index in [2.05, 4.69) is 25.4 Å². The first-order chi connectivity index (χ1) is 7.69. The van der Waals surface area contributed by atoms with E-state index in [4.69, 9.17) is 5.84 Å². The summed E-state index contributed by atoms with van der Waals surface area (Å²) >= 11 is 0. The molecule has 0 aliphatic heterocycles. The second kappa shape index (κ2) is 5.86. The molecule has 0 aromatic carbocycles. The van der Waals surface area contributed by atoms with Gasteiger partial charge in [-0.1, -0.05) is 6.92 Å². The number of hydrogen-bond donors (Lipinski definition) is 3. The molecule has 0 radical (unpaired) electrons. The van der Waals surface area contributed by atoms with Crippen molar-refractivity contribution in [3.05, 3.63) is 11.9 Å². The highest BCUT2D eigenvalue weighted by atomic mass is 16.5. The van der Waals surface area contributed by atoms with E-state index in [1.165, 1.54) is 7.11 Å². The molecule has 16 heavy (non-hydrogen) atoms. The van der Waals surface area contributed by atoms with E-state index in [0.717, 1.165) is 0 Å². The maximum atomic E-state index is 10.9. The summed E-state index contributed by atoms with van der Waals surface area (Å²) in [6.07, 6.45) is 0.683. The molecule has 0 unspecified atom stereocenters. The Morgan fingerprint density at radius 3 is 2.75 bits per heavy atom. The Kier molecular flexibility index (Phi) is 4.46. The number of nitrogens with one attached hydrogen (secondary N) is 2. The minimum atomic E-state index is -0.362. The standard InChI is InChI=1S/C9H15N5O2/c1-3-6-12-7(4-8(13-6)14-10)11-5-9(15)16-2/h4H,3,5,10H2,1-2H3,(H2,11,12,13,14). The van der Waals surface area contributed by atoms with Crippen LogP contribution in [0.1, 0.15) is 12.7 Å². The van der Waals surface area contributed by atoms with Gasteiger partial charge in [-0.05, 0) is 0 Å². The van der Waals surface area contributed by atoms with E-state index in [1.807, 2.05) is 6.92 Å². The molecule has 88 valence electrons. The van der Waals surface area contributed by atoms with Gasteiger partial charge in [0.2, 0.25) is 0 Å². The number of carbonyl (C=O) groups is 1. The topological polar surface area (TPSA) is 102 Å². The second-order valence-corrected chi connectivity index (χ2v) is 2.98. The van der Waals surface area contributed by atoms with Gasteiger partial charge < -0.3 is 15.5 Å². The summed E-state index contributed by atoms with van der Waals surface area (Å²) in [5.74, 6) is 6.58. The number of aromatic nitrogens is 2. The molecule has 0 bridgehead atoms. The van der Waals surface area contributed by atoms with E-state index in [0.29, 0.717) is 23.9 Å². The average Bonchev–Trinajstić information content (AvgIpc) is 2.35. The van der Waals surface area contributed by atoms with Gasteiger partial charge in [0.25, 0.3) is 0 Å². The largest absolute Gasteiger partial charge is 0.468 e. The van der Waals surface area contributed by atoms with Crippen molar-refractivity contribution in [3.8, 4) is 0 Å². The lowest BCUT2D eigenvalue weighted by Crippen LogP contribution is -2.17. The lowest BCUT2D eigenvalue weighted by molar-refractivity contribution is -0.138. The first-order valence-electron chi connectivity index (χ1n) is 4.84. The molecule has 0 saturated heterocycles. The van der Waals surface area contributed by atoms with Crippen LogP contribution in [0.15, 0.2) is 6.07 Å². The van der Waals surface area contributed by atoms with Gasteiger partial charge in [-0.25, -0.2) is 15.8 Å². The molecule has 7 nitrogen and oxygen atoms in total. The summed E-state index contributed by atoms with van der Waals surface area (Å²) in [5, 5.41) is 2.82. The molecule has 1 aromatic heterocycles. The van der Waals surface area contributed by atoms with Crippen LogP contribution in [0.2, 0.25) is 0 Å². The van der Waals surface area contributed by atoms with Crippen LogP contribution >= 0.6 is 0 Å². The maximum absolute atomic E-state index is 10.9. The highest BCUT2D eigenvalue weighted by Gasteiger charge is 2.04. The predicted molar refractivity (Wildman–Crippen MR) is 59.7 cm³/mol. The van der Waals surface area contributed by atoms with E-state index in [9.17, 15) is 4.79 Å². The van der Waals surface area contributed by atoms with Crippen LogP contribution in [0.5, 0.6) is 0 Å². The number of methoxy groups -OCH3 is 1. The molecule has 4 N–H and O–H groups in total. The number of hydrazine groups is 1. The van der Waals surface area contributed by atoms with Gasteiger partial charge in [-0.15, -0.1) is 0 Å². The predicted octanol–water partition coefficient (Wildman–Crippen LogP) is -0.0905. The molecule has 7 heteroatoms. The van der Waals surface area contributed by atoms with Crippen molar-refractivity contribution >= 4 is 17.6 Å². The molecule has 1 aromatic rings. The lowest BCUT2D eigenvalue weighted by atomic mass is 10.4. The van der Waals surface area contributed by atoms with Crippen LogP contribution in [0, 0.1) is 0 Å². The second-order valence-electron chi connectivity index (χ2n) is 2.98. The van der Waals surface area contributed by atoms with Crippen molar-refractivity contribution in [2.75, 3.05) is 24.4 Å². The zero-order valence-electron chi connectivity index (χ0n) is 9.28. The summed E-state index contributed by atoms with van der Waals surface area (Å²) in [7, 11) is 1.33. The molecule has 0 fully saturated rings. The summed E-state index contributed by atoms with van der Waals surface area (Å²) in [4.78, 5) is 19.2. The Morgan fingerprint density at radius 2 is 2.19 bits per heavy atom. The van der Waals surface area contributed by atoms with Crippen LogP contribution in [-0.2, 0) is 16.0 Å². The van der Waals surface area contributed by atoms with Gasteiger partial charge in [0.15, 0.2) is 0 Å². The number of nitrogens with zero attached hydrogens (tertiary/aromatic N) is 2. The molecule has 0 saturated carbocycles. The van der Waals surface area contributed by atoms with E-state index in [1.54, 1.807) is 6.07 Å². The van der Waals surface area contributed by atoms with Crippen LogP contribution in [-0.4, -0.2) is 29.6 Å². The van der Waals surface area contributed by atoms with Crippen LogP contribution in [0.4, 0.5) is 11.6 Å². The van der Waals surface area contributed by atoms with E-state index in [-0.39, 0.29) is 12.5 Å². The third-order valence-electron chi connectivity index (χ3n) is 1.88. The Morgan fingerprint density at radius 1 is 1.50 bits per heavy atom. The Labute approximate surface area is 93.4 Å². The highest BCUT2D eigenvalue weighted by molar-refractivity contribution is 5.74. The molecule has 0 amide bonds. The number of aryl methyl sites for hydroxylation is 1. The number of anilines is 2. The summed E-state index contributed by atoms with van der Waals surface area (Å²) in [5.41, 5.74) is 2.44. The zero-order chi connectivity index (χ0) is 12.0. The van der Waals surface area contributed by atoms with Gasteiger partial charge in [0.05, 0.1) is 7.11 Å². The fourth-order valence-corrected chi connectivity index (χ4v) is 1.05. The summed E-state index contributed by atoms with van der Waals surface area (Å²) < 4.78 is 4.50. The number of esters is 1. The number of nitrogen functional groups attached to an aromatic ring is 1. The number of hydrogen-bond acceptors (Lipinski definition) is 7. The number of nitrogens with two attached hydrogens (primary N) is 1. The van der Waals surface area contributed by atoms with Crippen molar-refractivity contribution < 1.29 is 9.53 Å². The van der Waals surface area contributed by atoms with E-state index >= 15 is 0 Å². The van der Waals surface area contributed by atoms with Gasteiger partial charge >= 0.3 is 5.97 Å². The van der Waals surface area contributed by atoms with Crippen molar-refractivity contribution in [3.63, 3.8) is 0 Å². The van der Waals surface area contributed by atoms with Gasteiger partial charge in [-0.2, -0.15) is 0 Å². The van der Waals surface area contributed by atoms with Gasteiger partial charge in [-0.3, -0.25) is 4.79 Å². The van der Waals surface area contributed by atoms with Crippen LogP contribution < -0.4 is 16.6 Å². The maximum Gasteiger partial charge on any atom is 0.325 e.